The first-order valence-electron chi connectivity index (χ1n) is 8.13. The number of amides is 3. The summed E-state index contributed by atoms with van der Waals surface area (Å²) >= 11 is 0. The lowest BCUT2D eigenvalue weighted by molar-refractivity contribution is -0.141. The highest BCUT2D eigenvalue weighted by molar-refractivity contribution is 5.92. The van der Waals surface area contributed by atoms with E-state index in [0.717, 1.165) is 0 Å². The van der Waals surface area contributed by atoms with Gasteiger partial charge in [-0.2, -0.15) is 0 Å². The second-order valence-corrected chi connectivity index (χ2v) is 5.96. The highest BCUT2D eigenvalue weighted by Gasteiger charge is 2.28. The molecule has 12 heteroatoms. The lowest BCUT2D eigenvalue weighted by atomic mass is 10.1. The molecule has 27 heavy (non-hydrogen) atoms. The molecule has 4 unspecified atom stereocenters. The minimum atomic E-state index is -1.34. The van der Waals surface area contributed by atoms with E-state index < -0.39 is 54.5 Å². The van der Waals surface area contributed by atoms with Gasteiger partial charge in [-0.1, -0.05) is 0 Å². The third-order valence-electron chi connectivity index (χ3n) is 3.57. The molecule has 0 radical (unpaired) electrons. The lowest BCUT2D eigenvalue weighted by Crippen LogP contribution is -2.57. The maximum absolute atomic E-state index is 12.1. The summed E-state index contributed by atoms with van der Waals surface area (Å²) in [6.45, 7) is 2.04. The Kier molecular flexibility index (Phi) is 8.35. The van der Waals surface area contributed by atoms with Crippen molar-refractivity contribution in [2.75, 3.05) is 6.54 Å². The Labute approximate surface area is 154 Å². The Bertz CT molecular complexity index is 662. The number of rotatable bonds is 10. The van der Waals surface area contributed by atoms with Crippen LogP contribution in [0, 0.1) is 0 Å². The van der Waals surface area contributed by atoms with Gasteiger partial charge in [-0.25, -0.2) is 4.98 Å². The minimum absolute atomic E-state index is 0.148. The molecule has 150 valence electrons. The first kappa shape index (κ1) is 22.1. The standard InChI is InChI=1S/C15H24N6O6/c1-7(15(26)27)20-11(23)5-18-14(25)12(8(2)22)21-13(24)10(16)3-9-4-17-6-19-9/h4,6-8,10,12,22H,3,5,16H2,1-2H3,(H,17,19)(H,18,25)(H,20,23)(H,21,24)(H,26,27). The molecule has 8 N–H and O–H groups in total. The van der Waals surface area contributed by atoms with Crippen LogP contribution in [0.25, 0.3) is 0 Å². The van der Waals surface area contributed by atoms with Crippen molar-refractivity contribution in [2.24, 2.45) is 5.73 Å². The molecule has 0 aliphatic heterocycles. The fraction of sp³-hybridized carbons (Fsp3) is 0.533. The van der Waals surface area contributed by atoms with Gasteiger partial charge in [-0.3, -0.25) is 19.2 Å². The number of carboxylic acid groups (broad SMARTS) is 1. The van der Waals surface area contributed by atoms with Crippen LogP contribution in [0.5, 0.6) is 0 Å². The Morgan fingerprint density at radius 2 is 1.89 bits per heavy atom. The zero-order valence-electron chi connectivity index (χ0n) is 14.9. The van der Waals surface area contributed by atoms with Gasteiger partial charge < -0.3 is 36.9 Å². The van der Waals surface area contributed by atoms with Crippen molar-refractivity contribution < 1.29 is 29.4 Å². The second-order valence-electron chi connectivity index (χ2n) is 5.96. The fourth-order valence-electron chi connectivity index (χ4n) is 2.02. The largest absolute Gasteiger partial charge is 0.480 e. The molecule has 0 saturated carbocycles. The van der Waals surface area contributed by atoms with Crippen LogP contribution in [0.3, 0.4) is 0 Å². The van der Waals surface area contributed by atoms with Crippen molar-refractivity contribution in [3.05, 3.63) is 18.2 Å². The minimum Gasteiger partial charge on any atom is -0.480 e. The number of aromatic amines is 1. The number of H-pyrrole nitrogens is 1. The molecule has 0 aliphatic carbocycles. The average molecular weight is 384 g/mol. The zero-order chi connectivity index (χ0) is 20.6. The molecular weight excluding hydrogens is 360 g/mol. The van der Waals surface area contributed by atoms with Crippen molar-refractivity contribution in [1.82, 2.24) is 25.9 Å². The van der Waals surface area contributed by atoms with E-state index in [4.69, 9.17) is 10.8 Å². The van der Waals surface area contributed by atoms with Gasteiger partial charge in [0.25, 0.3) is 0 Å². The maximum atomic E-state index is 12.1. The predicted octanol–water partition coefficient (Wildman–Crippen LogP) is -3.15. The number of nitrogens with zero attached hydrogens (tertiary/aromatic N) is 1. The van der Waals surface area contributed by atoms with Crippen molar-refractivity contribution >= 4 is 23.7 Å². The molecule has 1 rings (SSSR count). The monoisotopic (exact) mass is 384 g/mol. The summed E-state index contributed by atoms with van der Waals surface area (Å²) < 4.78 is 0. The molecule has 1 heterocycles. The molecule has 1 aromatic rings. The van der Waals surface area contributed by atoms with Crippen LogP contribution >= 0.6 is 0 Å². The predicted molar refractivity (Wildman–Crippen MR) is 92.1 cm³/mol. The van der Waals surface area contributed by atoms with Crippen molar-refractivity contribution in [3.63, 3.8) is 0 Å². The zero-order valence-corrected chi connectivity index (χ0v) is 14.9. The molecule has 1 aromatic heterocycles. The van der Waals surface area contributed by atoms with Crippen LogP contribution < -0.4 is 21.7 Å². The molecule has 0 aromatic carbocycles. The van der Waals surface area contributed by atoms with Gasteiger partial charge >= 0.3 is 5.97 Å². The molecule has 3 amide bonds. The van der Waals surface area contributed by atoms with E-state index in [0.29, 0.717) is 5.69 Å². The van der Waals surface area contributed by atoms with E-state index in [1.165, 1.54) is 26.4 Å². The van der Waals surface area contributed by atoms with Gasteiger partial charge in [-0.15, -0.1) is 0 Å². The summed E-state index contributed by atoms with van der Waals surface area (Å²) in [5.41, 5.74) is 6.39. The summed E-state index contributed by atoms with van der Waals surface area (Å²) in [4.78, 5) is 53.1. The van der Waals surface area contributed by atoms with Crippen LogP contribution in [0.4, 0.5) is 0 Å². The number of carbonyl (C=O) groups is 4. The van der Waals surface area contributed by atoms with Gasteiger partial charge in [0.2, 0.25) is 17.7 Å². The van der Waals surface area contributed by atoms with Gasteiger partial charge in [-0.05, 0) is 13.8 Å². The van der Waals surface area contributed by atoms with E-state index in [1.54, 1.807) is 0 Å². The summed E-state index contributed by atoms with van der Waals surface area (Å²) in [5, 5.41) is 25.2. The number of carbonyl (C=O) groups excluding carboxylic acids is 3. The smallest absolute Gasteiger partial charge is 0.325 e. The number of aliphatic carboxylic acids is 1. The Morgan fingerprint density at radius 3 is 2.41 bits per heavy atom. The summed E-state index contributed by atoms with van der Waals surface area (Å²) in [6, 6.07) is -3.45. The normalized spacial score (nSPS) is 15.1. The average Bonchev–Trinajstić information content (AvgIpc) is 3.09. The summed E-state index contributed by atoms with van der Waals surface area (Å²) in [6.07, 6.45) is 1.83. The van der Waals surface area contributed by atoms with Crippen molar-refractivity contribution in [1.29, 1.82) is 0 Å². The number of imidazole rings is 1. The number of carboxylic acids is 1. The molecule has 12 nitrogen and oxygen atoms in total. The topological polar surface area (TPSA) is 200 Å². The highest BCUT2D eigenvalue weighted by atomic mass is 16.4. The molecule has 4 atom stereocenters. The number of hydrogen-bond donors (Lipinski definition) is 7. The van der Waals surface area contributed by atoms with E-state index in [2.05, 4.69) is 25.9 Å². The number of hydrogen-bond acceptors (Lipinski definition) is 7. The van der Waals surface area contributed by atoms with Gasteiger partial charge in [0, 0.05) is 18.3 Å². The first-order valence-corrected chi connectivity index (χ1v) is 8.13. The Balaban J connectivity index is 2.55. The molecule has 0 spiro atoms. The number of aliphatic hydroxyl groups excluding tert-OH is 1. The number of aliphatic hydroxyl groups is 1. The Morgan fingerprint density at radius 1 is 1.22 bits per heavy atom. The summed E-state index contributed by atoms with van der Waals surface area (Å²) in [5.74, 6) is -3.44. The highest BCUT2D eigenvalue weighted by Crippen LogP contribution is 1.99. The molecule has 0 aliphatic rings. The quantitative estimate of drug-likeness (QED) is 0.219. The number of nitrogens with two attached hydrogens (primary N) is 1. The van der Waals surface area contributed by atoms with Crippen LogP contribution in [0.1, 0.15) is 19.5 Å². The van der Waals surface area contributed by atoms with E-state index >= 15 is 0 Å². The van der Waals surface area contributed by atoms with E-state index in [9.17, 15) is 24.3 Å². The fourth-order valence-corrected chi connectivity index (χ4v) is 2.02. The molecular formula is C15H24N6O6. The van der Waals surface area contributed by atoms with Gasteiger partial charge in [0.1, 0.15) is 12.1 Å². The van der Waals surface area contributed by atoms with E-state index in [1.807, 2.05) is 0 Å². The molecule has 0 saturated heterocycles. The van der Waals surface area contributed by atoms with Crippen LogP contribution in [-0.4, -0.2) is 74.6 Å². The SMILES string of the molecule is CC(NC(=O)CNC(=O)C(NC(=O)C(N)Cc1cnc[nH]1)C(C)O)C(=O)O. The van der Waals surface area contributed by atoms with Crippen LogP contribution in [-0.2, 0) is 25.6 Å². The van der Waals surface area contributed by atoms with Crippen molar-refractivity contribution in [3.8, 4) is 0 Å². The van der Waals surface area contributed by atoms with Gasteiger partial charge in [0.05, 0.1) is 25.0 Å². The third kappa shape index (κ3) is 7.42. The van der Waals surface area contributed by atoms with Crippen LogP contribution in [0.2, 0.25) is 0 Å². The number of nitrogens with one attached hydrogen (secondary N) is 4. The second kappa shape index (κ2) is 10.2. The molecule has 0 fully saturated rings. The summed E-state index contributed by atoms with van der Waals surface area (Å²) in [7, 11) is 0. The maximum Gasteiger partial charge on any atom is 0.325 e. The van der Waals surface area contributed by atoms with Gasteiger partial charge in [0.15, 0.2) is 0 Å². The Hall–Kier alpha value is -2.99. The van der Waals surface area contributed by atoms with Crippen LogP contribution in [0.15, 0.2) is 12.5 Å². The van der Waals surface area contributed by atoms with Crippen molar-refractivity contribution in [2.45, 2.75) is 44.5 Å². The lowest BCUT2D eigenvalue weighted by Gasteiger charge is -2.22. The first-order chi connectivity index (χ1) is 12.6. The van der Waals surface area contributed by atoms with E-state index in [-0.39, 0.29) is 6.42 Å². The third-order valence-corrected chi connectivity index (χ3v) is 3.57. The number of aromatic nitrogens is 2. The molecule has 0 bridgehead atoms.